The maximum Gasteiger partial charge on any atom is 0.339 e. The van der Waals surface area contributed by atoms with Crippen LogP contribution in [0.25, 0.3) is 0 Å². The average molecular weight is 369 g/mol. The Hall–Kier alpha value is -1.66. The van der Waals surface area contributed by atoms with Crippen molar-refractivity contribution in [1.82, 2.24) is 0 Å². The minimum atomic E-state index is -1.18. The largest absolute Gasteiger partial charge is 0.492 e. The summed E-state index contributed by atoms with van der Waals surface area (Å²) in [7, 11) is -1.18. The van der Waals surface area contributed by atoms with Gasteiger partial charge >= 0.3 is 5.97 Å². The Morgan fingerprint density at radius 2 is 1.81 bits per heavy atom. The summed E-state index contributed by atoms with van der Waals surface area (Å²) in [6, 6.07) is 13.6. The fourth-order valence-corrected chi connectivity index (χ4v) is 2.88. The molecule has 6 heteroatoms. The summed E-state index contributed by atoms with van der Waals surface area (Å²) in [5.74, 6) is -0.451. The Kier molecular flexibility index (Phi) is 5.52. The van der Waals surface area contributed by atoms with Gasteiger partial charge in [0.05, 0.1) is 16.6 Å². The lowest BCUT2D eigenvalue weighted by molar-refractivity contribution is 0.0692. The summed E-state index contributed by atoms with van der Waals surface area (Å²) in [6.07, 6.45) is 0. The molecule has 2 aromatic rings. The van der Waals surface area contributed by atoms with Gasteiger partial charge in [-0.3, -0.25) is 4.21 Å². The van der Waals surface area contributed by atoms with E-state index in [1.165, 1.54) is 6.07 Å². The molecule has 0 saturated heterocycles. The van der Waals surface area contributed by atoms with E-state index in [1.54, 1.807) is 30.3 Å². The molecule has 21 heavy (non-hydrogen) atoms. The molecule has 0 aliphatic heterocycles. The predicted octanol–water partition coefficient (Wildman–Crippen LogP) is 3.33. The van der Waals surface area contributed by atoms with Crippen LogP contribution in [0.3, 0.4) is 0 Å². The van der Waals surface area contributed by atoms with Crippen molar-refractivity contribution < 1.29 is 18.8 Å². The lowest BCUT2D eigenvalue weighted by atomic mass is 10.2. The summed E-state index contributed by atoms with van der Waals surface area (Å²) in [5.41, 5.74) is 0.104. The van der Waals surface area contributed by atoms with E-state index in [9.17, 15) is 9.00 Å². The summed E-state index contributed by atoms with van der Waals surface area (Å²) in [6.45, 7) is 0.187. The number of hydrogen-bond donors (Lipinski definition) is 1. The minimum Gasteiger partial charge on any atom is -0.492 e. The third kappa shape index (κ3) is 4.41. The number of hydrogen-bond acceptors (Lipinski definition) is 3. The zero-order valence-corrected chi connectivity index (χ0v) is 13.4. The molecule has 0 aliphatic carbocycles. The molecule has 0 fully saturated rings. The van der Waals surface area contributed by atoms with Crippen molar-refractivity contribution in [2.75, 3.05) is 12.4 Å². The maximum atomic E-state index is 12.1. The Balaban J connectivity index is 1.94. The molecular weight excluding hydrogens is 356 g/mol. The van der Waals surface area contributed by atoms with Crippen LogP contribution in [0.5, 0.6) is 5.75 Å². The maximum absolute atomic E-state index is 12.1. The third-order valence-electron chi connectivity index (χ3n) is 2.72. The zero-order chi connectivity index (χ0) is 15.2. The highest BCUT2D eigenvalue weighted by Gasteiger charge is 2.11. The molecule has 2 aromatic carbocycles. The predicted molar refractivity (Wildman–Crippen MR) is 84.3 cm³/mol. The number of carbonyl (C=O) groups is 1. The molecule has 2 rings (SSSR count). The van der Waals surface area contributed by atoms with Crippen molar-refractivity contribution in [2.24, 2.45) is 0 Å². The number of carboxylic acids is 1. The van der Waals surface area contributed by atoms with Crippen LogP contribution in [0.2, 0.25) is 0 Å². The second-order valence-corrected chi connectivity index (χ2v) is 6.64. The van der Waals surface area contributed by atoms with Gasteiger partial charge in [0.2, 0.25) is 0 Å². The summed E-state index contributed by atoms with van der Waals surface area (Å²) < 4.78 is 18.4. The average Bonchev–Trinajstić information content (AvgIpc) is 2.48. The lowest BCUT2D eigenvalue weighted by Crippen LogP contribution is -2.10. The number of rotatable bonds is 6. The number of aromatic carboxylic acids is 1. The minimum absolute atomic E-state index is 0.104. The molecule has 1 atom stereocenters. The highest BCUT2D eigenvalue weighted by molar-refractivity contribution is 9.10. The Labute approximate surface area is 133 Å². The van der Waals surface area contributed by atoms with Gasteiger partial charge in [-0.2, -0.15) is 0 Å². The lowest BCUT2D eigenvalue weighted by Gasteiger charge is -2.08. The van der Waals surface area contributed by atoms with Crippen molar-refractivity contribution in [3.63, 3.8) is 0 Å². The van der Waals surface area contributed by atoms with Crippen molar-refractivity contribution >= 4 is 32.7 Å². The van der Waals surface area contributed by atoms with Crippen LogP contribution in [-0.2, 0) is 10.8 Å². The van der Waals surface area contributed by atoms with Crippen molar-refractivity contribution in [3.05, 3.63) is 58.6 Å². The van der Waals surface area contributed by atoms with Crippen LogP contribution >= 0.6 is 15.9 Å². The molecule has 4 nitrogen and oxygen atoms in total. The van der Waals surface area contributed by atoms with Gasteiger partial charge in [-0.25, -0.2) is 4.79 Å². The fraction of sp³-hybridized carbons (Fsp3) is 0.133. The van der Waals surface area contributed by atoms with Gasteiger partial charge in [-0.1, -0.05) is 28.1 Å². The first-order chi connectivity index (χ1) is 10.1. The van der Waals surface area contributed by atoms with Crippen LogP contribution < -0.4 is 4.74 Å². The molecule has 0 spiro atoms. The molecule has 0 amide bonds. The Morgan fingerprint density at radius 1 is 1.14 bits per heavy atom. The number of carboxylic acid groups (broad SMARTS) is 1. The quantitative estimate of drug-likeness (QED) is 0.849. The highest BCUT2D eigenvalue weighted by atomic mass is 79.9. The molecule has 110 valence electrons. The highest BCUT2D eigenvalue weighted by Crippen LogP contribution is 2.18. The molecule has 0 radical (unpaired) electrons. The van der Waals surface area contributed by atoms with Gasteiger partial charge in [-0.15, -0.1) is 0 Å². The molecule has 0 bridgehead atoms. The van der Waals surface area contributed by atoms with Crippen LogP contribution in [0, 0.1) is 0 Å². The van der Waals surface area contributed by atoms with Crippen molar-refractivity contribution in [2.45, 2.75) is 4.90 Å². The SMILES string of the molecule is O=C(O)c1ccccc1OCCS(=O)c1ccc(Br)cc1. The summed E-state index contributed by atoms with van der Waals surface area (Å²) in [4.78, 5) is 11.7. The smallest absolute Gasteiger partial charge is 0.339 e. The number of benzene rings is 2. The van der Waals surface area contributed by atoms with E-state index in [1.807, 2.05) is 12.1 Å². The van der Waals surface area contributed by atoms with Crippen molar-refractivity contribution in [3.8, 4) is 5.75 Å². The van der Waals surface area contributed by atoms with Gasteiger partial charge in [0.1, 0.15) is 17.9 Å². The van der Waals surface area contributed by atoms with Gasteiger partial charge in [0, 0.05) is 9.37 Å². The fourth-order valence-electron chi connectivity index (χ4n) is 1.70. The molecule has 1 unspecified atom stereocenters. The molecule has 1 N–H and O–H groups in total. The van der Waals surface area contributed by atoms with Crippen LogP contribution in [0.15, 0.2) is 57.9 Å². The van der Waals surface area contributed by atoms with Gasteiger partial charge < -0.3 is 9.84 Å². The van der Waals surface area contributed by atoms with Crippen molar-refractivity contribution in [1.29, 1.82) is 0 Å². The van der Waals surface area contributed by atoms with Crippen LogP contribution in [0.4, 0.5) is 0 Å². The number of halogens is 1. The number of ether oxygens (including phenoxy) is 1. The van der Waals surface area contributed by atoms with E-state index >= 15 is 0 Å². The summed E-state index contributed by atoms with van der Waals surface area (Å²) >= 11 is 3.32. The zero-order valence-electron chi connectivity index (χ0n) is 11.0. The van der Waals surface area contributed by atoms with E-state index in [4.69, 9.17) is 9.84 Å². The van der Waals surface area contributed by atoms with Gasteiger partial charge in [-0.05, 0) is 36.4 Å². The summed E-state index contributed by atoms with van der Waals surface area (Å²) in [5, 5.41) is 9.03. The van der Waals surface area contributed by atoms with E-state index in [2.05, 4.69) is 15.9 Å². The van der Waals surface area contributed by atoms with E-state index in [0.717, 1.165) is 4.47 Å². The molecule has 0 aliphatic rings. The first kappa shape index (κ1) is 15.7. The Bertz CT molecular complexity index is 655. The van der Waals surface area contributed by atoms with Gasteiger partial charge in [0.25, 0.3) is 0 Å². The third-order valence-corrected chi connectivity index (χ3v) is 4.58. The molecule has 0 aromatic heterocycles. The second-order valence-electron chi connectivity index (χ2n) is 4.15. The first-order valence-electron chi connectivity index (χ1n) is 6.17. The first-order valence-corrected chi connectivity index (χ1v) is 8.28. The van der Waals surface area contributed by atoms with E-state index in [-0.39, 0.29) is 17.9 Å². The van der Waals surface area contributed by atoms with Gasteiger partial charge in [0.15, 0.2) is 0 Å². The molecular formula is C15H13BrO4S. The Morgan fingerprint density at radius 3 is 2.48 bits per heavy atom. The van der Waals surface area contributed by atoms with Crippen LogP contribution in [-0.4, -0.2) is 27.6 Å². The van der Waals surface area contributed by atoms with Crippen LogP contribution in [0.1, 0.15) is 10.4 Å². The standard InChI is InChI=1S/C15H13BrO4S/c16-11-5-7-12(8-6-11)21(19)10-9-20-14-4-2-1-3-13(14)15(17)18/h1-8H,9-10H2,(H,17,18). The normalized spacial score (nSPS) is 11.9. The monoisotopic (exact) mass is 368 g/mol. The topological polar surface area (TPSA) is 63.6 Å². The molecule has 0 heterocycles. The molecule has 0 saturated carbocycles. The van der Waals surface area contributed by atoms with E-state index < -0.39 is 16.8 Å². The second kappa shape index (κ2) is 7.38. The van der Waals surface area contributed by atoms with E-state index in [0.29, 0.717) is 10.6 Å². The number of para-hydroxylation sites is 1.